The molecular formula is C20H24N2O4S. The van der Waals surface area contributed by atoms with Gasteiger partial charge in [0.1, 0.15) is 5.75 Å². The lowest BCUT2D eigenvalue weighted by Crippen LogP contribution is -2.29. The molecule has 6 nitrogen and oxygen atoms in total. The fourth-order valence-electron chi connectivity index (χ4n) is 3.05. The molecule has 0 atom stereocenters. The van der Waals surface area contributed by atoms with Crippen LogP contribution in [0.4, 0.5) is 5.69 Å². The second-order valence-corrected chi connectivity index (χ2v) is 8.44. The van der Waals surface area contributed by atoms with Crippen LogP contribution in [-0.2, 0) is 15.8 Å². The first-order valence-electron chi connectivity index (χ1n) is 9.09. The first kappa shape index (κ1) is 19.4. The molecule has 0 aliphatic carbocycles. The highest BCUT2D eigenvalue weighted by Gasteiger charge is 2.25. The second kappa shape index (κ2) is 8.54. The smallest absolute Gasteiger partial charge is 0.255 e. The van der Waals surface area contributed by atoms with Crippen molar-refractivity contribution in [1.29, 1.82) is 0 Å². The third-order valence-corrected chi connectivity index (χ3v) is 6.28. The zero-order valence-corrected chi connectivity index (χ0v) is 16.2. The molecule has 2 aromatic carbocycles. The first-order valence-corrected chi connectivity index (χ1v) is 10.7. The Hall–Kier alpha value is -2.38. The minimum atomic E-state index is -3.29. The number of hydrogen-bond donors (Lipinski definition) is 1. The lowest BCUT2D eigenvalue weighted by atomic mass is 10.1. The summed E-state index contributed by atoms with van der Waals surface area (Å²) in [4.78, 5) is 12.4. The molecule has 0 spiro atoms. The van der Waals surface area contributed by atoms with Gasteiger partial charge in [-0.3, -0.25) is 4.79 Å². The molecule has 1 fully saturated rings. The van der Waals surface area contributed by atoms with Crippen LogP contribution in [-0.4, -0.2) is 38.3 Å². The molecule has 1 N–H and O–H groups in total. The van der Waals surface area contributed by atoms with Crippen LogP contribution in [0.2, 0.25) is 0 Å². The quantitative estimate of drug-likeness (QED) is 0.790. The summed E-state index contributed by atoms with van der Waals surface area (Å²) < 4.78 is 31.7. The largest absolute Gasteiger partial charge is 0.494 e. The van der Waals surface area contributed by atoms with E-state index < -0.39 is 10.0 Å². The maximum Gasteiger partial charge on any atom is 0.255 e. The normalized spacial score (nSPS) is 14.9. The molecule has 27 heavy (non-hydrogen) atoms. The molecule has 1 amide bonds. The monoisotopic (exact) mass is 388 g/mol. The molecule has 0 bridgehead atoms. The molecule has 2 aromatic rings. The van der Waals surface area contributed by atoms with Gasteiger partial charge in [-0.15, -0.1) is 0 Å². The van der Waals surface area contributed by atoms with Crippen LogP contribution in [0, 0.1) is 0 Å². The Morgan fingerprint density at radius 3 is 2.48 bits per heavy atom. The van der Waals surface area contributed by atoms with Crippen molar-refractivity contribution in [3.63, 3.8) is 0 Å². The van der Waals surface area contributed by atoms with E-state index in [1.54, 1.807) is 40.7 Å². The molecule has 1 aliphatic heterocycles. The topological polar surface area (TPSA) is 75.7 Å². The Labute approximate surface area is 160 Å². The number of benzene rings is 2. The zero-order chi connectivity index (χ0) is 19.3. The van der Waals surface area contributed by atoms with Crippen LogP contribution in [0.3, 0.4) is 0 Å². The average molecular weight is 388 g/mol. The van der Waals surface area contributed by atoms with Gasteiger partial charge < -0.3 is 10.1 Å². The van der Waals surface area contributed by atoms with Gasteiger partial charge in [-0.2, -0.15) is 0 Å². The molecule has 0 radical (unpaired) electrons. The summed E-state index contributed by atoms with van der Waals surface area (Å²) in [5.41, 5.74) is 1.79. The summed E-state index contributed by atoms with van der Waals surface area (Å²) >= 11 is 0. The van der Waals surface area contributed by atoms with E-state index in [1.165, 1.54) is 0 Å². The van der Waals surface area contributed by atoms with E-state index >= 15 is 0 Å². The van der Waals surface area contributed by atoms with Gasteiger partial charge in [0.05, 0.1) is 12.4 Å². The van der Waals surface area contributed by atoms with E-state index in [2.05, 4.69) is 5.32 Å². The first-order chi connectivity index (χ1) is 13.0. The fraction of sp³-hybridized carbons (Fsp3) is 0.350. The molecule has 3 rings (SSSR count). The molecule has 0 aromatic heterocycles. The number of rotatable bonds is 7. The fourth-order valence-corrected chi connectivity index (χ4v) is 4.66. The number of amides is 1. The molecule has 7 heteroatoms. The third kappa shape index (κ3) is 5.08. The second-order valence-electron chi connectivity index (χ2n) is 6.47. The van der Waals surface area contributed by atoms with Crippen molar-refractivity contribution in [2.75, 3.05) is 25.0 Å². The van der Waals surface area contributed by atoms with Crippen LogP contribution in [0.5, 0.6) is 5.75 Å². The molecule has 1 saturated heterocycles. The minimum Gasteiger partial charge on any atom is -0.494 e. The Kier molecular flexibility index (Phi) is 6.13. The summed E-state index contributed by atoms with van der Waals surface area (Å²) in [7, 11) is -3.29. The number of ether oxygens (including phenoxy) is 1. The Morgan fingerprint density at radius 2 is 1.81 bits per heavy atom. The third-order valence-electron chi connectivity index (χ3n) is 4.43. The van der Waals surface area contributed by atoms with Gasteiger partial charge in [-0.1, -0.05) is 18.2 Å². The SMILES string of the molecule is CCOc1cccc(NC(=O)c2ccc(CS(=O)(=O)N3CCCC3)cc2)c1. The lowest BCUT2D eigenvalue weighted by Gasteiger charge is -2.15. The van der Waals surface area contributed by atoms with Gasteiger partial charge in [-0.05, 0) is 49.6 Å². The molecule has 144 valence electrons. The van der Waals surface area contributed by atoms with Crippen molar-refractivity contribution < 1.29 is 17.9 Å². The van der Waals surface area contributed by atoms with Crippen molar-refractivity contribution in [1.82, 2.24) is 4.31 Å². The van der Waals surface area contributed by atoms with E-state index in [1.807, 2.05) is 19.1 Å². The van der Waals surface area contributed by atoms with Crippen LogP contribution < -0.4 is 10.1 Å². The highest BCUT2D eigenvalue weighted by molar-refractivity contribution is 7.88. The minimum absolute atomic E-state index is 0.0364. The standard InChI is InChI=1S/C20H24N2O4S/c1-2-26-19-7-5-6-18(14-19)21-20(23)17-10-8-16(9-11-17)15-27(24,25)22-12-3-4-13-22/h5-11,14H,2-4,12-13,15H2,1H3,(H,21,23). The predicted octanol–water partition coefficient (Wildman–Crippen LogP) is 3.26. The van der Waals surface area contributed by atoms with Crippen molar-refractivity contribution in [3.8, 4) is 5.75 Å². The van der Waals surface area contributed by atoms with Crippen molar-refractivity contribution in [3.05, 3.63) is 59.7 Å². The molecular weight excluding hydrogens is 364 g/mol. The molecule has 0 unspecified atom stereocenters. The molecule has 0 saturated carbocycles. The van der Waals surface area contributed by atoms with Crippen LogP contribution in [0.15, 0.2) is 48.5 Å². The number of nitrogens with zero attached hydrogens (tertiary/aromatic N) is 1. The van der Waals surface area contributed by atoms with Crippen LogP contribution in [0.1, 0.15) is 35.7 Å². The Balaban J connectivity index is 1.64. The van der Waals surface area contributed by atoms with E-state index in [0.29, 0.717) is 42.3 Å². The number of nitrogens with one attached hydrogen (secondary N) is 1. The van der Waals surface area contributed by atoms with Gasteiger partial charge >= 0.3 is 0 Å². The van der Waals surface area contributed by atoms with Crippen molar-refractivity contribution >= 4 is 21.6 Å². The summed E-state index contributed by atoms with van der Waals surface area (Å²) in [6, 6.07) is 13.9. The highest BCUT2D eigenvalue weighted by atomic mass is 32.2. The molecule has 1 aliphatic rings. The number of anilines is 1. The Bertz CT molecular complexity index is 888. The van der Waals surface area contributed by atoms with Gasteiger partial charge in [0.25, 0.3) is 5.91 Å². The van der Waals surface area contributed by atoms with E-state index in [9.17, 15) is 13.2 Å². The number of hydrogen-bond acceptors (Lipinski definition) is 4. The predicted molar refractivity (Wildman–Crippen MR) is 105 cm³/mol. The summed E-state index contributed by atoms with van der Waals surface area (Å²) in [5.74, 6) is 0.404. The maximum absolute atomic E-state index is 12.4. The summed E-state index contributed by atoms with van der Waals surface area (Å²) in [6.45, 7) is 3.66. The number of carbonyl (C=O) groups excluding carboxylic acids is 1. The van der Waals surface area contributed by atoms with E-state index in [4.69, 9.17) is 4.74 Å². The van der Waals surface area contributed by atoms with Gasteiger partial charge in [0.2, 0.25) is 10.0 Å². The van der Waals surface area contributed by atoms with Crippen molar-refractivity contribution in [2.45, 2.75) is 25.5 Å². The van der Waals surface area contributed by atoms with E-state index in [0.717, 1.165) is 12.8 Å². The van der Waals surface area contributed by atoms with Gasteiger partial charge in [0.15, 0.2) is 0 Å². The maximum atomic E-state index is 12.4. The van der Waals surface area contributed by atoms with Crippen LogP contribution in [0.25, 0.3) is 0 Å². The highest BCUT2D eigenvalue weighted by Crippen LogP contribution is 2.20. The summed E-state index contributed by atoms with van der Waals surface area (Å²) in [5, 5.41) is 2.82. The van der Waals surface area contributed by atoms with Gasteiger partial charge in [-0.25, -0.2) is 12.7 Å². The van der Waals surface area contributed by atoms with Gasteiger partial charge in [0, 0.05) is 30.4 Å². The average Bonchev–Trinajstić information content (AvgIpc) is 3.18. The molecule has 1 heterocycles. The number of carbonyl (C=O) groups is 1. The zero-order valence-electron chi connectivity index (χ0n) is 15.3. The number of sulfonamides is 1. The summed E-state index contributed by atoms with van der Waals surface area (Å²) in [6.07, 6.45) is 1.84. The van der Waals surface area contributed by atoms with Crippen LogP contribution >= 0.6 is 0 Å². The van der Waals surface area contributed by atoms with E-state index in [-0.39, 0.29) is 11.7 Å². The van der Waals surface area contributed by atoms with Crippen molar-refractivity contribution in [2.24, 2.45) is 0 Å². The Morgan fingerprint density at radius 1 is 1.11 bits per heavy atom. The lowest BCUT2D eigenvalue weighted by molar-refractivity contribution is 0.102.